The van der Waals surface area contributed by atoms with Gasteiger partial charge in [-0.3, -0.25) is 13.6 Å². The number of aromatic nitrogens is 4. The molecule has 4 heterocycles. The largest absolute Gasteiger partial charge is 0.476 e. The number of nitrogens with two attached hydrogens (primary N) is 1. The van der Waals surface area contributed by atoms with Gasteiger partial charge >= 0.3 is 7.75 Å². The smallest absolute Gasteiger partial charge is 0.406 e. The van der Waals surface area contributed by atoms with E-state index < -0.39 is 31.7 Å². The van der Waals surface area contributed by atoms with E-state index in [1.165, 1.54) is 6.33 Å². The summed E-state index contributed by atoms with van der Waals surface area (Å²) < 4.78 is 38.8. The molecular weight excluding hydrogens is 477 g/mol. The van der Waals surface area contributed by atoms with Gasteiger partial charge in [-0.25, -0.2) is 14.6 Å². The molecular formula is C20H30N9O5P. The number of nitrogens with zero attached hydrogens (tertiary/aromatic N) is 7. The molecule has 3 fully saturated rings. The summed E-state index contributed by atoms with van der Waals surface area (Å²) in [5.41, 5.74) is 14.8. The molecule has 5 atom stereocenters. The van der Waals surface area contributed by atoms with Crippen molar-refractivity contribution >= 4 is 24.9 Å². The number of hydrogen-bond donors (Lipinski definition) is 2. The Kier molecular flexibility index (Phi) is 6.60. The predicted molar refractivity (Wildman–Crippen MR) is 125 cm³/mol. The minimum Gasteiger partial charge on any atom is -0.476 e. The van der Waals surface area contributed by atoms with Crippen LogP contribution in [0.4, 0.5) is 5.95 Å². The molecule has 1 aliphatic carbocycles. The maximum atomic E-state index is 13.6. The van der Waals surface area contributed by atoms with Crippen LogP contribution in [0.1, 0.15) is 58.6 Å². The Morgan fingerprint density at radius 2 is 2.14 bits per heavy atom. The van der Waals surface area contributed by atoms with Crippen molar-refractivity contribution in [3.05, 3.63) is 16.8 Å². The second kappa shape index (κ2) is 9.53. The van der Waals surface area contributed by atoms with Crippen molar-refractivity contribution in [1.29, 1.82) is 0 Å². The van der Waals surface area contributed by atoms with Gasteiger partial charge in [-0.15, -0.1) is 0 Å². The zero-order valence-electron chi connectivity index (χ0n) is 19.7. The summed E-state index contributed by atoms with van der Waals surface area (Å²) in [6.07, 6.45) is 5.43. The molecule has 0 amide bonds. The van der Waals surface area contributed by atoms with Gasteiger partial charge in [-0.1, -0.05) is 30.8 Å². The van der Waals surface area contributed by atoms with Crippen molar-refractivity contribution in [3.63, 3.8) is 0 Å². The molecule has 1 saturated carbocycles. The Balaban J connectivity index is 1.47. The highest BCUT2D eigenvalue weighted by atomic mass is 31.2. The molecule has 2 saturated heterocycles. The summed E-state index contributed by atoms with van der Waals surface area (Å²) in [4.78, 5) is 15.9. The summed E-state index contributed by atoms with van der Waals surface area (Å²) in [6, 6.07) is 0.0398. The minimum absolute atomic E-state index is 0.000264. The Hall–Kier alpha value is -2.47. The lowest BCUT2D eigenvalue weighted by atomic mass is 9.93. The van der Waals surface area contributed by atoms with Crippen LogP contribution in [0.5, 0.6) is 5.88 Å². The summed E-state index contributed by atoms with van der Waals surface area (Å²) in [6.45, 7) is 3.91. The number of nitrogens with one attached hydrogen (secondary N) is 1. The molecule has 3 aliphatic rings. The van der Waals surface area contributed by atoms with Gasteiger partial charge in [0.25, 0.3) is 0 Å². The molecule has 2 aliphatic heterocycles. The first-order valence-corrected chi connectivity index (χ1v) is 13.5. The van der Waals surface area contributed by atoms with Crippen LogP contribution in [0.3, 0.4) is 0 Å². The van der Waals surface area contributed by atoms with Gasteiger partial charge in [0, 0.05) is 11.0 Å². The molecule has 0 aromatic carbocycles. The number of hydrogen-bond acceptors (Lipinski definition) is 10. The van der Waals surface area contributed by atoms with Crippen LogP contribution in [0.25, 0.3) is 21.6 Å². The number of nitrogen functional groups attached to an aromatic ring is 1. The number of fused-ring (bicyclic) bond motifs is 2. The van der Waals surface area contributed by atoms with Crippen LogP contribution >= 0.6 is 7.75 Å². The zero-order valence-corrected chi connectivity index (χ0v) is 20.6. The summed E-state index contributed by atoms with van der Waals surface area (Å²) in [5, 5.41) is 7.19. The quantitative estimate of drug-likeness (QED) is 0.192. The molecule has 0 spiro atoms. The lowest BCUT2D eigenvalue weighted by Gasteiger charge is -2.37. The van der Waals surface area contributed by atoms with E-state index in [9.17, 15) is 10.1 Å². The average Bonchev–Trinajstić information content (AvgIpc) is 3.22. The van der Waals surface area contributed by atoms with Gasteiger partial charge in [0.2, 0.25) is 11.8 Å². The molecule has 35 heavy (non-hydrogen) atoms. The second-order valence-corrected chi connectivity index (χ2v) is 10.9. The Bertz CT molecular complexity index is 1180. The van der Waals surface area contributed by atoms with Crippen molar-refractivity contribution in [2.75, 3.05) is 18.9 Å². The van der Waals surface area contributed by atoms with Gasteiger partial charge in [-0.05, 0) is 32.2 Å². The lowest BCUT2D eigenvalue weighted by molar-refractivity contribution is -0.0589. The van der Waals surface area contributed by atoms with E-state index in [0.29, 0.717) is 17.8 Å². The van der Waals surface area contributed by atoms with Crippen molar-refractivity contribution in [2.24, 2.45) is 5.11 Å². The monoisotopic (exact) mass is 507 g/mol. The van der Waals surface area contributed by atoms with Gasteiger partial charge in [0.1, 0.15) is 17.7 Å². The highest BCUT2D eigenvalue weighted by molar-refractivity contribution is 7.51. The fourth-order valence-corrected chi connectivity index (χ4v) is 7.00. The number of imidazole rings is 1. The normalized spacial score (nSPS) is 33.7. The fraction of sp³-hybridized carbons (Fsp3) is 0.750. The van der Waals surface area contributed by atoms with Crippen LogP contribution in [0.15, 0.2) is 11.4 Å². The van der Waals surface area contributed by atoms with Crippen molar-refractivity contribution in [1.82, 2.24) is 24.6 Å². The third-order valence-corrected chi connectivity index (χ3v) is 8.45. The van der Waals surface area contributed by atoms with Crippen molar-refractivity contribution in [3.8, 4) is 5.88 Å². The van der Waals surface area contributed by atoms with Crippen LogP contribution in [0, 0.1) is 0 Å². The number of azide groups is 1. The average molecular weight is 507 g/mol. The number of anilines is 1. The SMILES string of the molecule is CCOc1nc(N)nc2c1ncn2[C@@H]1O[C@@H]2COP(=O)(NC3CCCCCC3)O[C@H]2[C@@]1(C)N=[N+]=[N-]. The number of rotatable bonds is 6. The van der Waals surface area contributed by atoms with E-state index in [4.69, 9.17) is 24.3 Å². The minimum atomic E-state index is -3.65. The molecule has 1 unspecified atom stereocenters. The zero-order chi connectivity index (χ0) is 24.6. The van der Waals surface area contributed by atoms with Gasteiger partial charge in [0.15, 0.2) is 17.4 Å². The lowest BCUT2D eigenvalue weighted by Crippen LogP contribution is -2.48. The van der Waals surface area contributed by atoms with E-state index in [-0.39, 0.29) is 24.5 Å². The Morgan fingerprint density at radius 1 is 1.37 bits per heavy atom. The van der Waals surface area contributed by atoms with E-state index in [0.717, 1.165) is 38.5 Å². The van der Waals surface area contributed by atoms with Crippen molar-refractivity contribution in [2.45, 2.75) is 82.4 Å². The first kappa shape index (κ1) is 24.2. The van der Waals surface area contributed by atoms with E-state index in [1.807, 2.05) is 6.92 Å². The molecule has 3 N–H and O–H groups in total. The molecule has 0 bridgehead atoms. The third kappa shape index (κ3) is 4.46. The maximum absolute atomic E-state index is 13.6. The highest BCUT2D eigenvalue weighted by Gasteiger charge is 2.60. The second-order valence-electron chi connectivity index (χ2n) is 9.22. The molecule has 15 heteroatoms. The third-order valence-electron chi connectivity index (χ3n) is 6.77. The molecule has 2 aromatic rings. The first-order valence-electron chi connectivity index (χ1n) is 11.9. The van der Waals surface area contributed by atoms with Crippen LogP contribution in [-0.2, 0) is 18.3 Å². The predicted octanol–water partition coefficient (Wildman–Crippen LogP) is 3.61. The molecule has 2 aromatic heterocycles. The van der Waals surface area contributed by atoms with E-state index in [1.54, 1.807) is 11.5 Å². The maximum Gasteiger partial charge on any atom is 0.406 e. The summed E-state index contributed by atoms with van der Waals surface area (Å²) in [7, 11) is -3.65. The van der Waals surface area contributed by atoms with E-state index >= 15 is 0 Å². The number of ether oxygens (including phenoxy) is 2. The van der Waals surface area contributed by atoms with Gasteiger partial charge in [0.05, 0.1) is 19.5 Å². The van der Waals surface area contributed by atoms with Crippen LogP contribution < -0.4 is 15.6 Å². The Morgan fingerprint density at radius 3 is 2.86 bits per heavy atom. The van der Waals surface area contributed by atoms with Gasteiger partial charge < -0.3 is 15.2 Å². The topological polar surface area (TPSA) is 184 Å². The standard InChI is InChI=1S/C20H30N9O5P/c1-3-31-17-14-16(24-19(21)25-17)29(11-23-14)18-20(2,27-28-22)15-13(33-18)10-32-35(30,34-15)26-12-8-6-4-5-7-9-12/h11-13,15,18H,3-10H2,1-2H3,(H,26,30)(H2,21,24,25)/t13-,15-,18-,20-,35?/m1/s1. The van der Waals surface area contributed by atoms with E-state index in [2.05, 4.69) is 30.1 Å². The Labute approximate surface area is 202 Å². The molecule has 190 valence electrons. The highest BCUT2D eigenvalue weighted by Crippen LogP contribution is 2.57. The molecule has 0 radical (unpaired) electrons. The van der Waals surface area contributed by atoms with Gasteiger partial charge in [-0.2, -0.15) is 9.97 Å². The first-order chi connectivity index (χ1) is 16.9. The fourth-order valence-electron chi connectivity index (χ4n) is 5.11. The van der Waals surface area contributed by atoms with Crippen LogP contribution in [-0.4, -0.2) is 56.5 Å². The van der Waals surface area contributed by atoms with Crippen molar-refractivity contribution < 1.29 is 23.1 Å². The van der Waals surface area contributed by atoms with Crippen LogP contribution in [0.2, 0.25) is 0 Å². The molecule has 14 nitrogen and oxygen atoms in total. The summed E-state index contributed by atoms with van der Waals surface area (Å²) >= 11 is 0. The summed E-state index contributed by atoms with van der Waals surface area (Å²) in [5.74, 6) is 0.242. The molecule has 5 rings (SSSR count).